The van der Waals surface area contributed by atoms with Gasteiger partial charge >= 0.3 is 5.97 Å². The number of rotatable bonds is 2. The van der Waals surface area contributed by atoms with Crippen LogP contribution in [0, 0.1) is 0 Å². The maximum Gasteiger partial charge on any atom is 0.324 e. The van der Waals surface area contributed by atoms with Gasteiger partial charge in [0.2, 0.25) is 0 Å². The highest BCUT2D eigenvalue weighted by atomic mass is 16.5. The molecule has 0 aromatic heterocycles. The Morgan fingerprint density at radius 3 is 2.75 bits per heavy atom. The van der Waals surface area contributed by atoms with Gasteiger partial charge in [-0.3, -0.25) is 9.69 Å². The van der Waals surface area contributed by atoms with Gasteiger partial charge in [0.05, 0.1) is 6.10 Å². The van der Waals surface area contributed by atoms with E-state index in [1.54, 1.807) is 0 Å². The summed E-state index contributed by atoms with van der Waals surface area (Å²) >= 11 is 0. The SMILES string of the molecule is CC1CC(C(=O)O)(N2CCNCC2)CCO1. The highest BCUT2D eigenvalue weighted by Gasteiger charge is 2.47. The molecule has 0 aromatic carbocycles. The standard InChI is InChI=1S/C11H20N2O3/c1-9-8-11(10(14)15,2-7-16-9)13-5-3-12-4-6-13/h9,12H,2-8H2,1H3,(H,14,15). The van der Waals surface area contributed by atoms with Crippen molar-refractivity contribution in [3.8, 4) is 0 Å². The molecule has 2 fully saturated rings. The van der Waals surface area contributed by atoms with Crippen molar-refractivity contribution in [3.05, 3.63) is 0 Å². The first-order chi connectivity index (χ1) is 7.65. The van der Waals surface area contributed by atoms with E-state index in [4.69, 9.17) is 4.74 Å². The van der Waals surface area contributed by atoms with E-state index in [-0.39, 0.29) is 6.10 Å². The van der Waals surface area contributed by atoms with Crippen molar-refractivity contribution >= 4 is 5.97 Å². The van der Waals surface area contributed by atoms with Crippen molar-refractivity contribution in [1.29, 1.82) is 0 Å². The quantitative estimate of drug-likeness (QED) is 0.692. The predicted octanol–water partition coefficient (Wildman–Crippen LogP) is -0.0861. The molecule has 2 rings (SSSR count). The molecule has 2 unspecified atom stereocenters. The highest BCUT2D eigenvalue weighted by Crippen LogP contribution is 2.31. The van der Waals surface area contributed by atoms with E-state index in [0.29, 0.717) is 19.4 Å². The zero-order chi connectivity index (χ0) is 11.6. The fraction of sp³-hybridized carbons (Fsp3) is 0.909. The number of hydrogen-bond acceptors (Lipinski definition) is 4. The smallest absolute Gasteiger partial charge is 0.324 e. The lowest BCUT2D eigenvalue weighted by Crippen LogP contribution is -2.63. The number of nitrogens with one attached hydrogen (secondary N) is 1. The minimum absolute atomic E-state index is 0.0414. The zero-order valence-corrected chi connectivity index (χ0v) is 9.74. The summed E-state index contributed by atoms with van der Waals surface area (Å²) in [5, 5.41) is 12.8. The van der Waals surface area contributed by atoms with Gasteiger partial charge in [-0.2, -0.15) is 0 Å². The Hall–Kier alpha value is -0.650. The number of carboxylic acids is 1. The third-order valence-electron chi connectivity index (χ3n) is 3.66. The topological polar surface area (TPSA) is 61.8 Å². The van der Waals surface area contributed by atoms with Crippen LogP contribution in [-0.4, -0.2) is 60.4 Å². The molecule has 2 atom stereocenters. The van der Waals surface area contributed by atoms with Gasteiger partial charge in [-0.1, -0.05) is 0 Å². The molecule has 2 aliphatic heterocycles. The summed E-state index contributed by atoms with van der Waals surface area (Å²) < 4.78 is 5.47. The van der Waals surface area contributed by atoms with Gasteiger partial charge in [-0.05, 0) is 13.3 Å². The lowest BCUT2D eigenvalue weighted by molar-refractivity contribution is -0.163. The van der Waals surface area contributed by atoms with Crippen molar-refractivity contribution in [2.45, 2.75) is 31.4 Å². The van der Waals surface area contributed by atoms with E-state index >= 15 is 0 Å². The average Bonchev–Trinajstić information content (AvgIpc) is 2.30. The van der Waals surface area contributed by atoms with E-state index in [9.17, 15) is 9.90 Å². The van der Waals surface area contributed by atoms with Crippen LogP contribution >= 0.6 is 0 Å². The molecule has 2 N–H and O–H groups in total. The number of aliphatic carboxylic acids is 1. The fourth-order valence-corrected chi connectivity index (χ4v) is 2.78. The second kappa shape index (κ2) is 4.69. The molecule has 0 bridgehead atoms. The summed E-state index contributed by atoms with van der Waals surface area (Å²) in [6.07, 6.45) is 1.24. The van der Waals surface area contributed by atoms with Gasteiger partial charge in [0, 0.05) is 39.2 Å². The van der Waals surface area contributed by atoms with Crippen LogP contribution in [-0.2, 0) is 9.53 Å². The minimum Gasteiger partial charge on any atom is -0.480 e. The van der Waals surface area contributed by atoms with Crippen molar-refractivity contribution in [1.82, 2.24) is 10.2 Å². The van der Waals surface area contributed by atoms with Crippen molar-refractivity contribution in [2.24, 2.45) is 0 Å². The third-order valence-corrected chi connectivity index (χ3v) is 3.66. The Labute approximate surface area is 95.8 Å². The molecule has 0 radical (unpaired) electrons. The number of hydrogen-bond donors (Lipinski definition) is 2. The monoisotopic (exact) mass is 228 g/mol. The first-order valence-electron chi connectivity index (χ1n) is 5.96. The lowest BCUT2D eigenvalue weighted by atomic mass is 9.84. The normalized spacial score (nSPS) is 37.2. The van der Waals surface area contributed by atoms with E-state index in [2.05, 4.69) is 10.2 Å². The largest absolute Gasteiger partial charge is 0.480 e. The Balaban J connectivity index is 2.16. The lowest BCUT2D eigenvalue weighted by Gasteiger charge is -2.46. The van der Waals surface area contributed by atoms with E-state index in [0.717, 1.165) is 26.2 Å². The highest BCUT2D eigenvalue weighted by molar-refractivity contribution is 5.79. The molecular weight excluding hydrogens is 208 g/mol. The minimum atomic E-state index is -0.695. The molecule has 92 valence electrons. The molecule has 0 aromatic rings. The summed E-state index contributed by atoms with van der Waals surface area (Å²) in [5.41, 5.74) is -0.695. The molecule has 0 aliphatic carbocycles. The van der Waals surface area contributed by atoms with Crippen LogP contribution in [0.25, 0.3) is 0 Å². The molecule has 0 spiro atoms. The second-order valence-corrected chi connectivity index (χ2v) is 4.71. The summed E-state index contributed by atoms with van der Waals surface area (Å²) in [4.78, 5) is 13.7. The maximum atomic E-state index is 11.6. The molecule has 0 saturated carbocycles. The molecule has 0 amide bonds. The van der Waals surface area contributed by atoms with Crippen LogP contribution in [0.4, 0.5) is 0 Å². The van der Waals surface area contributed by atoms with Gasteiger partial charge < -0.3 is 15.2 Å². The molecule has 2 heterocycles. The number of carbonyl (C=O) groups is 1. The molecule has 2 saturated heterocycles. The predicted molar refractivity (Wildman–Crippen MR) is 59.5 cm³/mol. The summed E-state index contributed by atoms with van der Waals surface area (Å²) in [6, 6.07) is 0. The van der Waals surface area contributed by atoms with Crippen LogP contribution in [0.15, 0.2) is 0 Å². The van der Waals surface area contributed by atoms with Crippen LogP contribution in [0.3, 0.4) is 0 Å². The molecule has 5 heteroatoms. The molecule has 2 aliphatic rings. The number of piperazine rings is 1. The molecule has 16 heavy (non-hydrogen) atoms. The van der Waals surface area contributed by atoms with Crippen molar-refractivity contribution in [2.75, 3.05) is 32.8 Å². The molecule has 5 nitrogen and oxygen atoms in total. The fourth-order valence-electron chi connectivity index (χ4n) is 2.78. The van der Waals surface area contributed by atoms with E-state index < -0.39 is 11.5 Å². The molecular formula is C11H20N2O3. The van der Waals surface area contributed by atoms with Crippen LogP contribution < -0.4 is 5.32 Å². The summed E-state index contributed by atoms with van der Waals surface area (Å²) in [7, 11) is 0. The van der Waals surface area contributed by atoms with Gasteiger partial charge in [0.25, 0.3) is 0 Å². The number of carboxylic acid groups (broad SMARTS) is 1. The Morgan fingerprint density at radius 2 is 2.19 bits per heavy atom. The zero-order valence-electron chi connectivity index (χ0n) is 9.74. The number of nitrogens with zero attached hydrogens (tertiary/aromatic N) is 1. The average molecular weight is 228 g/mol. The summed E-state index contributed by atoms with van der Waals surface area (Å²) in [6.45, 7) is 5.91. The van der Waals surface area contributed by atoms with E-state index in [1.807, 2.05) is 6.92 Å². The Kier molecular flexibility index (Phi) is 3.47. The first-order valence-corrected chi connectivity index (χ1v) is 5.96. The second-order valence-electron chi connectivity index (χ2n) is 4.71. The summed E-state index contributed by atoms with van der Waals surface area (Å²) in [5.74, 6) is -0.690. The van der Waals surface area contributed by atoms with Gasteiger partial charge in [0.15, 0.2) is 0 Å². The van der Waals surface area contributed by atoms with Gasteiger partial charge in [-0.25, -0.2) is 0 Å². The van der Waals surface area contributed by atoms with Crippen LogP contribution in [0.2, 0.25) is 0 Å². The van der Waals surface area contributed by atoms with Crippen LogP contribution in [0.1, 0.15) is 19.8 Å². The van der Waals surface area contributed by atoms with Crippen molar-refractivity contribution in [3.63, 3.8) is 0 Å². The third kappa shape index (κ3) is 2.07. The van der Waals surface area contributed by atoms with E-state index in [1.165, 1.54) is 0 Å². The maximum absolute atomic E-state index is 11.6. The Bertz CT molecular complexity index is 266. The Morgan fingerprint density at radius 1 is 1.50 bits per heavy atom. The first kappa shape index (κ1) is 11.8. The van der Waals surface area contributed by atoms with Crippen LogP contribution in [0.5, 0.6) is 0 Å². The number of ether oxygens (including phenoxy) is 1. The van der Waals surface area contributed by atoms with Crippen molar-refractivity contribution < 1.29 is 14.6 Å². The van der Waals surface area contributed by atoms with Gasteiger partial charge in [-0.15, -0.1) is 0 Å². The van der Waals surface area contributed by atoms with Gasteiger partial charge in [0.1, 0.15) is 5.54 Å².